The summed E-state index contributed by atoms with van der Waals surface area (Å²) >= 11 is 5.90. The van der Waals surface area contributed by atoms with Gasteiger partial charge in [-0.1, -0.05) is 11.6 Å². The number of aryl methyl sites for hydroxylation is 1. The lowest BCUT2D eigenvalue weighted by Crippen LogP contribution is -2.34. The van der Waals surface area contributed by atoms with Crippen molar-refractivity contribution in [3.63, 3.8) is 0 Å². The van der Waals surface area contributed by atoms with Crippen LogP contribution in [0.1, 0.15) is 10.4 Å². The number of anilines is 1. The number of methoxy groups -OCH3 is 2. The third kappa shape index (κ3) is 3.63. The lowest BCUT2D eigenvalue weighted by Gasteiger charge is -2.11. The summed E-state index contributed by atoms with van der Waals surface area (Å²) in [5, 5.41) is 3.23. The molecule has 0 aliphatic rings. The summed E-state index contributed by atoms with van der Waals surface area (Å²) < 4.78 is 13.0. The van der Waals surface area contributed by atoms with Crippen molar-refractivity contribution in [2.75, 3.05) is 19.5 Å². The molecule has 0 radical (unpaired) electrons. The number of carbonyl (C=O) groups is 1. The standard InChI is InChI=1S/C22H19ClN4O5/c1-26-11-15(20(28)24-16-9-8-14(31-2)10-17(16)32-3)18-19(26)21(29)27(22(30)25-18)13-6-4-12(23)5-7-13/h4-11H,1-3H3,(H,24,28)(H,25,30). The van der Waals surface area contributed by atoms with E-state index in [1.165, 1.54) is 25.0 Å². The molecule has 2 aromatic heterocycles. The van der Waals surface area contributed by atoms with Gasteiger partial charge >= 0.3 is 5.69 Å². The molecule has 164 valence electrons. The third-order valence-corrected chi connectivity index (χ3v) is 5.26. The fourth-order valence-electron chi connectivity index (χ4n) is 3.46. The highest BCUT2D eigenvalue weighted by molar-refractivity contribution is 6.30. The number of nitrogens with zero attached hydrogens (tertiary/aromatic N) is 2. The quantitative estimate of drug-likeness (QED) is 0.482. The average Bonchev–Trinajstić information content (AvgIpc) is 3.11. The number of carbonyl (C=O) groups excluding carboxylic acids is 1. The number of aromatic amines is 1. The number of benzene rings is 2. The molecule has 1 amide bonds. The zero-order chi connectivity index (χ0) is 23.0. The van der Waals surface area contributed by atoms with E-state index < -0.39 is 17.2 Å². The van der Waals surface area contributed by atoms with E-state index in [4.69, 9.17) is 21.1 Å². The molecule has 4 aromatic rings. The van der Waals surface area contributed by atoms with Gasteiger partial charge in [-0.05, 0) is 36.4 Å². The van der Waals surface area contributed by atoms with E-state index in [-0.39, 0.29) is 16.6 Å². The van der Waals surface area contributed by atoms with Crippen LogP contribution in [0.15, 0.2) is 58.3 Å². The summed E-state index contributed by atoms with van der Waals surface area (Å²) in [5.74, 6) is 0.451. The van der Waals surface area contributed by atoms with Crippen LogP contribution in [0.5, 0.6) is 11.5 Å². The summed E-state index contributed by atoms with van der Waals surface area (Å²) in [6.07, 6.45) is 1.49. The fourth-order valence-corrected chi connectivity index (χ4v) is 3.59. The highest BCUT2D eigenvalue weighted by Gasteiger charge is 2.21. The highest BCUT2D eigenvalue weighted by Crippen LogP contribution is 2.30. The monoisotopic (exact) mass is 454 g/mol. The van der Waals surface area contributed by atoms with Crippen molar-refractivity contribution in [1.29, 1.82) is 0 Å². The maximum Gasteiger partial charge on any atom is 0.333 e. The highest BCUT2D eigenvalue weighted by atomic mass is 35.5. The first-order valence-corrected chi connectivity index (χ1v) is 9.85. The van der Waals surface area contributed by atoms with Crippen molar-refractivity contribution in [1.82, 2.24) is 14.1 Å². The molecule has 9 nitrogen and oxygen atoms in total. The number of H-pyrrole nitrogens is 1. The van der Waals surface area contributed by atoms with Gasteiger partial charge in [-0.25, -0.2) is 9.36 Å². The van der Waals surface area contributed by atoms with Gasteiger partial charge in [-0.15, -0.1) is 0 Å². The van der Waals surface area contributed by atoms with E-state index in [9.17, 15) is 14.4 Å². The Bertz CT molecular complexity index is 1450. The molecule has 0 aliphatic heterocycles. The van der Waals surface area contributed by atoms with Crippen LogP contribution in [0.25, 0.3) is 16.7 Å². The minimum atomic E-state index is -0.674. The molecule has 0 atom stereocenters. The lowest BCUT2D eigenvalue weighted by atomic mass is 10.2. The smallest absolute Gasteiger partial charge is 0.333 e. The molecular weight excluding hydrogens is 436 g/mol. The number of hydrogen-bond acceptors (Lipinski definition) is 5. The van der Waals surface area contributed by atoms with E-state index in [0.717, 1.165) is 4.57 Å². The van der Waals surface area contributed by atoms with Crippen LogP contribution in [-0.2, 0) is 7.05 Å². The molecule has 0 saturated heterocycles. The first-order chi connectivity index (χ1) is 15.3. The number of halogens is 1. The Morgan fingerprint density at radius 3 is 2.44 bits per heavy atom. The molecule has 2 N–H and O–H groups in total. The Labute approximate surface area is 186 Å². The largest absolute Gasteiger partial charge is 0.497 e. The van der Waals surface area contributed by atoms with Crippen LogP contribution >= 0.6 is 11.6 Å². The Hall–Kier alpha value is -3.98. The fraction of sp³-hybridized carbons (Fsp3) is 0.136. The number of rotatable bonds is 5. The van der Waals surface area contributed by atoms with Crippen molar-refractivity contribution in [2.24, 2.45) is 7.05 Å². The molecule has 0 aliphatic carbocycles. The molecule has 4 rings (SSSR count). The predicted molar refractivity (Wildman–Crippen MR) is 122 cm³/mol. The molecule has 0 unspecified atom stereocenters. The minimum Gasteiger partial charge on any atom is -0.497 e. The van der Waals surface area contributed by atoms with Crippen molar-refractivity contribution < 1.29 is 14.3 Å². The normalized spacial score (nSPS) is 10.9. The van der Waals surface area contributed by atoms with Crippen molar-refractivity contribution in [2.45, 2.75) is 0 Å². The zero-order valence-electron chi connectivity index (χ0n) is 17.4. The molecule has 2 heterocycles. The van der Waals surface area contributed by atoms with Gasteiger partial charge in [0.2, 0.25) is 0 Å². The van der Waals surface area contributed by atoms with E-state index in [0.29, 0.717) is 27.9 Å². The Morgan fingerprint density at radius 1 is 1.06 bits per heavy atom. The second-order valence-corrected chi connectivity index (χ2v) is 7.38. The van der Waals surface area contributed by atoms with Gasteiger partial charge in [0.25, 0.3) is 11.5 Å². The van der Waals surface area contributed by atoms with Crippen LogP contribution < -0.4 is 26.0 Å². The summed E-state index contributed by atoms with van der Waals surface area (Å²) in [5.41, 5.74) is -0.0199. The first kappa shape index (κ1) is 21.3. The maximum atomic E-state index is 13.1. The summed E-state index contributed by atoms with van der Waals surface area (Å²) in [7, 11) is 4.62. The number of aromatic nitrogens is 3. The van der Waals surface area contributed by atoms with E-state index in [2.05, 4.69) is 10.3 Å². The first-order valence-electron chi connectivity index (χ1n) is 9.47. The molecule has 2 aromatic carbocycles. The van der Waals surface area contributed by atoms with Gasteiger partial charge < -0.3 is 24.3 Å². The molecule has 0 fully saturated rings. The summed E-state index contributed by atoms with van der Waals surface area (Å²) in [4.78, 5) is 41.6. The van der Waals surface area contributed by atoms with E-state index >= 15 is 0 Å². The molecule has 32 heavy (non-hydrogen) atoms. The van der Waals surface area contributed by atoms with E-state index in [1.54, 1.807) is 49.5 Å². The van der Waals surface area contributed by atoms with Gasteiger partial charge in [0.15, 0.2) is 0 Å². The number of nitrogens with one attached hydrogen (secondary N) is 2. The third-order valence-electron chi connectivity index (χ3n) is 5.01. The lowest BCUT2D eigenvalue weighted by molar-refractivity contribution is 0.102. The molecule has 0 saturated carbocycles. The maximum absolute atomic E-state index is 13.1. The van der Waals surface area contributed by atoms with Gasteiger partial charge in [0.05, 0.1) is 36.7 Å². The van der Waals surface area contributed by atoms with Gasteiger partial charge in [0, 0.05) is 24.3 Å². The number of amides is 1. The van der Waals surface area contributed by atoms with Crippen LogP contribution in [0, 0.1) is 0 Å². The Balaban J connectivity index is 1.80. The second-order valence-electron chi connectivity index (χ2n) is 6.94. The van der Waals surface area contributed by atoms with Crippen LogP contribution in [-0.4, -0.2) is 34.2 Å². The van der Waals surface area contributed by atoms with Crippen molar-refractivity contribution in [3.8, 4) is 17.2 Å². The zero-order valence-corrected chi connectivity index (χ0v) is 18.2. The SMILES string of the molecule is COc1ccc(NC(=O)c2cn(C)c3c(=O)n(-c4ccc(Cl)cc4)c(=O)[nH]c23)c(OC)c1. The van der Waals surface area contributed by atoms with Gasteiger partial charge in [-0.3, -0.25) is 9.59 Å². The summed E-state index contributed by atoms with van der Waals surface area (Å²) in [6.45, 7) is 0. The predicted octanol–water partition coefficient (Wildman–Crippen LogP) is 2.94. The second kappa shape index (κ2) is 8.27. The van der Waals surface area contributed by atoms with Crippen molar-refractivity contribution in [3.05, 3.63) is 80.1 Å². The molecular formula is C22H19ClN4O5. The minimum absolute atomic E-state index is 0.137. The number of hydrogen-bond donors (Lipinski definition) is 2. The van der Waals surface area contributed by atoms with Gasteiger partial charge in [0.1, 0.15) is 17.0 Å². The molecule has 10 heteroatoms. The molecule has 0 spiro atoms. The van der Waals surface area contributed by atoms with E-state index in [1.807, 2.05) is 0 Å². The average molecular weight is 455 g/mol. The van der Waals surface area contributed by atoms with Gasteiger partial charge in [-0.2, -0.15) is 0 Å². The van der Waals surface area contributed by atoms with Crippen LogP contribution in [0.4, 0.5) is 5.69 Å². The van der Waals surface area contributed by atoms with Crippen LogP contribution in [0.2, 0.25) is 5.02 Å². The van der Waals surface area contributed by atoms with Crippen molar-refractivity contribution >= 4 is 34.2 Å². The Kier molecular flexibility index (Phi) is 5.50. The molecule has 0 bridgehead atoms. The number of fused-ring (bicyclic) bond motifs is 1. The van der Waals surface area contributed by atoms with Crippen LogP contribution in [0.3, 0.4) is 0 Å². The number of ether oxygens (including phenoxy) is 2. The topological polar surface area (TPSA) is 107 Å². The summed E-state index contributed by atoms with van der Waals surface area (Å²) in [6, 6.07) is 11.2. The Morgan fingerprint density at radius 2 is 1.78 bits per heavy atom.